The summed E-state index contributed by atoms with van der Waals surface area (Å²) >= 11 is 5.34. The van der Waals surface area contributed by atoms with Gasteiger partial charge in [-0.2, -0.15) is 0 Å². The Hall–Kier alpha value is -1.32. The zero-order chi connectivity index (χ0) is 14.1. The molecule has 0 unspecified atom stereocenters. The molecule has 1 aliphatic heterocycles. The molecule has 2 aromatic carbocycles. The van der Waals surface area contributed by atoms with E-state index in [9.17, 15) is 0 Å². The predicted octanol–water partition coefficient (Wildman–Crippen LogP) is 5.64. The first-order valence-corrected chi connectivity index (χ1v) is 8.05. The van der Waals surface area contributed by atoms with Gasteiger partial charge in [-0.25, -0.2) is 0 Å². The van der Waals surface area contributed by atoms with Gasteiger partial charge in [0.05, 0.1) is 5.71 Å². The van der Waals surface area contributed by atoms with Crippen LogP contribution in [0.25, 0.3) is 0 Å². The molecule has 2 aromatic rings. The normalized spacial score (nSPS) is 14.7. The summed E-state index contributed by atoms with van der Waals surface area (Å²) in [6.07, 6.45) is 0. The van der Waals surface area contributed by atoms with Crippen LogP contribution in [0.15, 0.2) is 73.5 Å². The first kappa shape index (κ1) is 13.7. The number of rotatable bonds is 1. The van der Waals surface area contributed by atoms with Gasteiger partial charge in [0.15, 0.2) is 0 Å². The molecule has 0 spiro atoms. The molecule has 100 valence electrons. The predicted molar refractivity (Wildman–Crippen MR) is 90.5 cm³/mol. The third-order valence-corrected chi connectivity index (χ3v) is 4.96. The number of fused-ring (bicyclic) bond motifs is 1. The van der Waals surface area contributed by atoms with Crippen molar-refractivity contribution in [1.82, 2.24) is 0 Å². The van der Waals surface area contributed by atoms with Crippen molar-refractivity contribution in [2.24, 2.45) is 4.99 Å². The molecule has 0 fully saturated rings. The maximum absolute atomic E-state index is 4.86. The van der Waals surface area contributed by atoms with E-state index in [1.165, 1.54) is 15.4 Å². The van der Waals surface area contributed by atoms with E-state index in [0.29, 0.717) is 0 Å². The monoisotopic (exact) mass is 343 g/mol. The van der Waals surface area contributed by atoms with E-state index >= 15 is 0 Å². The lowest BCUT2D eigenvalue weighted by atomic mass is 10.0. The molecule has 0 N–H and O–H groups in total. The number of aliphatic imine (C=N–C) groups is 1. The Morgan fingerprint density at radius 3 is 2.60 bits per heavy atom. The average molecular weight is 344 g/mol. The fraction of sp³-hybridized carbons (Fsp3) is 0.118. The summed E-state index contributed by atoms with van der Waals surface area (Å²) in [6.45, 7) is 4.20. The van der Waals surface area contributed by atoms with Crippen LogP contribution in [0.5, 0.6) is 0 Å². The van der Waals surface area contributed by atoms with Gasteiger partial charge in [-0.05, 0) is 32.0 Å². The number of halogens is 1. The Bertz CT molecular complexity index is 731. The minimum Gasteiger partial charge on any atom is -0.252 e. The highest BCUT2D eigenvalue weighted by Crippen LogP contribution is 2.36. The van der Waals surface area contributed by atoms with Crippen LogP contribution in [-0.4, -0.2) is 5.71 Å². The molecule has 0 amide bonds. The Labute approximate surface area is 132 Å². The quantitative estimate of drug-likeness (QED) is 0.652. The van der Waals surface area contributed by atoms with Crippen LogP contribution in [0.2, 0.25) is 0 Å². The van der Waals surface area contributed by atoms with E-state index in [1.807, 2.05) is 6.07 Å². The molecule has 0 atom stereocenters. The second-order valence-electron chi connectivity index (χ2n) is 4.71. The lowest BCUT2D eigenvalue weighted by molar-refractivity contribution is 1.27. The lowest BCUT2D eigenvalue weighted by Crippen LogP contribution is -2.04. The summed E-state index contributed by atoms with van der Waals surface area (Å²) in [4.78, 5) is 7.38. The molecule has 1 heterocycles. The highest BCUT2D eigenvalue weighted by molar-refractivity contribution is 9.10. The number of benzene rings is 2. The van der Waals surface area contributed by atoms with Crippen LogP contribution in [0, 0.1) is 0 Å². The van der Waals surface area contributed by atoms with Gasteiger partial charge < -0.3 is 0 Å². The van der Waals surface area contributed by atoms with Crippen LogP contribution in [0.3, 0.4) is 0 Å². The molecule has 1 aliphatic rings. The van der Waals surface area contributed by atoms with Crippen LogP contribution in [0.4, 0.5) is 0 Å². The Morgan fingerprint density at radius 2 is 1.80 bits per heavy atom. The van der Waals surface area contributed by atoms with Crippen molar-refractivity contribution in [1.29, 1.82) is 0 Å². The maximum Gasteiger partial charge on any atom is 0.0789 e. The van der Waals surface area contributed by atoms with Gasteiger partial charge in [0.2, 0.25) is 0 Å². The topological polar surface area (TPSA) is 12.4 Å². The number of hydrogen-bond donors (Lipinski definition) is 0. The Kier molecular flexibility index (Phi) is 3.81. The van der Waals surface area contributed by atoms with E-state index in [2.05, 4.69) is 72.2 Å². The highest BCUT2D eigenvalue weighted by atomic mass is 79.9. The molecule has 0 aromatic heterocycles. The molecule has 0 saturated heterocycles. The minimum absolute atomic E-state index is 1.05. The molecule has 0 bridgehead atoms. The maximum atomic E-state index is 4.86. The number of nitrogens with zero attached hydrogens (tertiary/aromatic N) is 1. The third-order valence-electron chi connectivity index (χ3n) is 3.29. The largest absolute Gasteiger partial charge is 0.252 e. The van der Waals surface area contributed by atoms with Gasteiger partial charge in [-0.15, -0.1) is 0 Å². The summed E-state index contributed by atoms with van der Waals surface area (Å²) in [6, 6.07) is 16.8. The van der Waals surface area contributed by atoms with Gasteiger partial charge in [0, 0.05) is 31.1 Å². The van der Waals surface area contributed by atoms with E-state index in [-0.39, 0.29) is 0 Å². The van der Waals surface area contributed by atoms with E-state index in [1.54, 1.807) is 11.8 Å². The number of allylic oxidation sites excluding steroid dienone is 2. The van der Waals surface area contributed by atoms with Crippen molar-refractivity contribution in [2.75, 3.05) is 0 Å². The minimum atomic E-state index is 1.05. The van der Waals surface area contributed by atoms with E-state index < -0.39 is 0 Å². The first-order chi connectivity index (χ1) is 9.65. The molecule has 0 saturated carbocycles. The van der Waals surface area contributed by atoms with Gasteiger partial charge >= 0.3 is 0 Å². The molecule has 3 rings (SSSR count). The van der Waals surface area contributed by atoms with Crippen LogP contribution in [0.1, 0.15) is 25.0 Å². The van der Waals surface area contributed by atoms with E-state index in [4.69, 9.17) is 4.99 Å². The molecule has 3 heteroatoms. The van der Waals surface area contributed by atoms with Crippen molar-refractivity contribution in [3.05, 3.63) is 74.7 Å². The van der Waals surface area contributed by atoms with Crippen molar-refractivity contribution < 1.29 is 0 Å². The standard InChI is InChI=1S/C17H14BrNS/c1-11-12(2)20-16-9-4-3-8-15(16)17(19-11)13-6-5-7-14(18)10-13/h3-10H,1-2H3. The number of thioether (sulfide) groups is 1. The molecular weight excluding hydrogens is 330 g/mol. The Morgan fingerprint density at radius 1 is 1.00 bits per heavy atom. The van der Waals surface area contributed by atoms with E-state index in [0.717, 1.165) is 21.4 Å². The van der Waals surface area contributed by atoms with Gasteiger partial charge in [-0.3, -0.25) is 4.99 Å². The van der Waals surface area contributed by atoms with Crippen molar-refractivity contribution in [2.45, 2.75) is 18.7 Å². The summed E-state index contributed by atoms with van der Waals surface area (Å²) < 4.78 is 1.07. The summed E-state index contributed by atoms with van der Waals surface area (Å²) in [5.41, 5.74) is 4.47. The number of hydrogen-bond acceptors (Lipinski definition) is 2. The first-order valence-electron chi connectivity index (χ1n) is 6.44. The zero-order valence-electron chi connectivity index (χ0n) is 11.4. The van der Waals surface area contributed by atoms with Crippen LogP contribution < -0.4 is 0 Å². The Balaban J connectivity index is 2.24. The van der Waals surface area contributed by atoms with Crippen molar-refractivity contribution in [3.8, 4) is 0 Å². The lowest BCUT2D eigenvalue weighted by Gasteiger charge is -2.09. The third kappa shape index (κ3) is 2.60. The zero-order valence-corrected chi connectivity index (χ0v) is 13.8. The van der Waals surface area contributed by atoms with Crippen LogP contribution >= 0.6 is 27.7 Å². The molecule has 0 aliphatic carbocycles. The van der Waals surface area contributed by atoms with Crippen LogP contribution in [-0.2, 0) is 0 Å². The van der Waals surface area contributed by atoms with Crippen molar-refractivity contribution in [3.63, 3.8) is 0 Å². The fourth-order valence-electron chi connectivity index (χ4n) is 2.15. The highest BCUT2D eigenvalue weighted by Gasteiger charge is 2.16. The van der Waals surface area contributed by atoms with Gasteiger partial charge in [0.1, 0.15) is 0 Å². The summed E-state index contributed by atoms with van der Waals surface area (Å²) in [7, 11) is 0. The fourth-order valence-corrected chi connectivity index (χ4v) is 3.50. The smallest absolute Gasteiger partial charge is 0.0789 e. The molecule has 20 heavy (non-hydrogen) atoms. The molecule has 1 nitrogen and oxygen atoms in total. The van der Waals surface area contributed by atoms with Gasteiger partial charge in [0.25, 0.3) is 0 Å². The van der Waals surface area contributed by atoms with Crippen molar-refractivity contribution >= 4 is 33.4 Å². The SMILES string of the molecule is CC1=C(C)Sc2ccccc2C(c2cccc(Br)c2)=N1. The summed E-state index contributed by atoms with van der Waals surface area (Å²) in [5.74, 6) is 0. The molecule has 0 radical (unpaired) electrons. The molecular formula is C17H14BrNS. The second kappa shape index (κ2) is 5.58. The van der Waals surface area contributed by atoms with Gasteiger partial charge in [-0.1, -0.05) is 58.0 Å². The second-order valence-corrected chi connectivity index (χ2v) is 6.88. The average Bonchev–Trinajstić information content (AvgIpc) is 2.57. The summed E-state index contributed by atoms with van der Waals surface area (Å²) in [5, 5.41) is 0.